The second-order valence-corrected chi connectivity index (χ2v) is 5.82. The van der Waals surface area contributed by atoms with Crippen molar-refractivity contribution in [3.8, 4) is 0 Å². The molecule has 1 heterocycles. The lowest BCUT2D eigenvalue weighted by Crippen LogP contribution is -2.28. The van der Waals surface area contributed by atoms with Gasteiger partial charge in [-0.15, -0.1) is 0 Å². The second kappa shape index (κ2) is 7.31. The highest BCUT2D eigenvalue weighted by Gasteiger charge is 2.20. The predicted molar refractivity (Wildman–Crippen MR) is 88.4 cm³/mol. The minimum absolute atomic E-state index is 0.214. The first-order valence-corrected chi connectivity index (χ1v) is 7.86. The molecule has 1 fully saturated rings. The van der Waals surface area contributed by atoms with Gasteiger partial charge in [0.15, 0.2) is 5.82 Å². The average molecular weight is 330 g/mol. The first kappa shape index (κ1) is 16.3. The number of nitrogens with one attached hydrogen (secondary N) is 3. The van der Waals surface area contributed by atoms with Crippen LogP contribution >= 0.6 is 0 Å². The van der Waals surface area contributed by atoms with Crippen LogP contribution < -0.4 is 10.6 Å². The van der Waals surface area contributed by atoms with Gasteiger partial charge in [-0.1, -0.05) is 0 Å². The molecular formula is C16H19FN6O. The van der Waals surface area contributed by atoms with Gasteiger partial charge in [-0.25, -0.2) is 14.9 Å². The molecule has 0 radical (unpaired) electrons. The summed E-state index contributed by atoms with van der Waals surface area (Å²) in [4.78, 5) is 8.55. The summed E-state index contributed by atoms with van der Waals surface area (Å²) in [7, 11) is 0. The number of aromatic nitrogens is 2. The van der Waals surface area contributed by atoms with E-state index in [0.29, 0.717) is 23.1 Å². The molecule has 0 saturated heterocycles. The van der Waals surface area contributed by atoms with Crippen LogP contribution in [0, 0.1) is 11.3 Å². The largest absolute Gasteiger partial charge is 0.393 e. The first-order valence-electron chi connectivity index (χ1n) is 7.86. The van der Waals surface area contributed by atoms with Crippen molar-refractivity contribution < 1.29 is 9.50 Å². The maximum Gasteiger partial charge on any atom is 0.224 e. The van der Waals surface area contributed by atoms with Gasteiger partial charge in [-0.05, 0) is 49.9 Å². The monoisotopic (exact) mass is 330 g/mol. The Morgan fingerprint density at radius 2 is 1.88 bits per heavy atom. The molecule has 0 unspecified atom stereocenters. The zero-order chi connectivity index (χ0) is 16.9. The average Bonchev–Trinajstić information content (AvgIpc) is 2.59. The summed E-state index contributed by atoms with van der Waals surface area (Å²) in [6, 6.07) is 6.06. The van der Waals surface area contributed by atoms with E-state index in [1.54, 1.807) is 12.1 Å². The van der Waals surface area contributed by atoms with Crippen molar-refractivity contribution in [2.24, 2.45) is 5.11 Å². The molecular weight excluding hydrogens is 311 g/mol. The molecule has 4 N–H and O–H groups in total. The first-order chi connectivity index (χ1) is 11.6. The maximum absolute atomic E-state index is 13.0. The Morgan fingerprint density at radius 3 is 2.54 bits per heavy atom. The summed E-state index contributed by atoms with van der Waals surface area (Å²) in [5.41, 5.74) is 8.17. The Kier molecular flexibility index (Phi) is 4.95. The highest BCUT2D eigenvalue weighted by molar-refractivity contribution is 5.68. The molecule has 0 spiro atoms. The number of hydrogen-bond acceptors (Lipinski definition) is 7. The molecule has 0 amide bonds. The Hall–Kier alpha value is -2.61. The zero-order valence-corrected chi connectivity index (χ0v) is 13.0. The SMILES string of the molecule is N=Nc1cnc(NC2CCC(O)CC2)nc1Nc1ccc(F)cc1. The summed E-state index contributed by atoms with van der Waals surface area (Å²) in [6.07, 6.45) is 4.48. The normalized spacial score (nSPS) is 20.4. The molecule has 1 saturated carbocycles. The van der Waals surface area contributed by atoms with E-state index in [4.69, 9.17) is 5.53 Å². The molecule has 0 aliphatic heterocycles. The molecule has 2 aromatic rings. The molecule has 24 heavy (non-hydrogen) atoms. The summed E-state index contributed by atoms with van der Waals surface area (Å²) < 4.78 is 13.0. The van der Waals surface area contributed by atoms with Gasteiger partial charge in [-0.3, -0.25) is 0 Å². The van der Waals surface area contributed by atoms with Gasteiger partial charge in [0.2, 0.25) is 5.95 Å². The van der Waals surface area contributed by atoms with Crippen LogP contribution in [0.15, 0.2) is 35.6 Å². The van der Waals surface area contributed by atoms with Crippen LogP contribution in [0.3, 0.4) is 0 Å². The maximum atomic E-state index is 13.0. The van der Waals surface area contributed by atoms with Crippen LogP contribution in [-0.2, 0) is 0 Å². The van der Waals surface area contributed by atoms with Gasteiger partial charge >= 0.3 is 0 Å². The minimum Gasteiger partial charge on any atom is -0.393 e. The van der Waals surface area contributed by atoms with E-state index in [1.807, 2.05) is 0 Å². The number of anilines is 3. The van der Waals surface area contributed by atoms with E-state index >= 15 is 0 Å². The van der Waals surface area contributed by atoms with Crippen LogP contribution in [0.2, 0.25) is 0 Å². The Balaban J connectivity index is 1.75. The van der Waals surface area contributed by atoms with Crippen LogP contribution in [0.5, 0.6) is 0 Å². The van der Waals surface area contributed by atoms with Crippen LogP contribution in [0.1, 0.15) is 25.7 Å². The summed E-state index contributed by atoms with van der Waals surface area (Å²) in [5.74, 6) is 0.494. The third-order valence-electron chi connectivity index (χ3n) is 4.03. The highest BCUT2D eigenvalue weighted by atomic mass is 19.1. The number of rotatable bonds is 5. The topological polar surface area (TPSA) is 106 Å². The summed E-state index contributed by atoms with van der Waals surface area (Å²) in [5, 5.41) is 19.2. The quantitative estimate of drug-likeness (QED) is 0.625. The number of nitrogens with zero attached hydrogens (tertiary/aromatic N) is 3. The predicted octanol–water partition coefficient (Wildman–Crippen LogP) is 3.74. The molecule has 0 bridgehead atoms. The fourth-order valence-corrected chi connectivity index (χ4v) is 2.69. The summed E-state index contributed by atoms with van der Waals surface area (Å²) >= 11 is 0. The van der Waals surface area contributed by atoms with Crippen molar-refractivity contribution in [2.75, 3.05) is 10.6 Å². The van der Waals surface area contributed by atoms with E-state index in [0.717, 1.165) is 25.7 Å². The molecule has 1 aliphatic rings. The van der Waals surface area contributed by atoms with Crippen molar-refractivity contribution >= 4 is 23.1 Å². The Bertz CT molecular complexity index is 700. The van der Waals surface area contributed by atoms with Crippen molar-refractivity contribution in [1.29, 1.82) is 5.53 Å². The van der Waals surface area contributed by atoms with Crippen molar-refractivity contribution in [3.63, 3.8) is 0 Å². The Labute approximate surface area is 138 Å². The number of benzene rings is 1. The fraction of sp³-hybridized carbons (Fsp3) is 0.375. The van der Waals surface area contributed by atoms with Crippen molar-refractivity contribution in [2.45, 2.75) is 37.8 Å². The van der Waals surface area contributed by atoms with Gasteiger partial charge in [0, 0.05) is 11.7 Å². The lowest BCUT2D eigenvalue weighted by molar-refractivity contribution is 0.126. The second-order valence-electron chi connectivity index (χ2n) is 5.82. The van der Waals surface area contributed by atoms with E-state index in [2.05, 4.69) is 25.7 Å². The van der Waals surface area contributed by atoms with E-state index < -0.39 is 0 Å². The van der Waals surface area contributed by atoms with E-state index in [9.17, 15) is 9.50 Å². The smallest absolute Gasteiger partial charge is 0.224 e. The molecule has 1 aromatic carbocycles. The fourth-order valence-electron chi connectivity index (χ4n) is 2.69. The third kappa shape index (κ3) is 4.02. The van der Waals surface area contributed by atoms with Gasteiger partial charge in [-0.2, -0.15) is 10.1 Å². The number of hydrogen-bond donors (Lipinski definition) is 4. The van der Waals surface area contributed by atoms with Crippen molar-refractivity contribution in [1.82, 2.24) is 9.97 Å². The van der Waals surface area contributed by atoms with E-state index in [1.165, 1.54) is 18.3 Å². The lowest BCUT2D eigenvalue weighted by Gasteiger charge is -2.26. The number of halogens is 1. The van der Waals surface area contributed by atoms with Crippen molar-refractivity contribution in [3.05, 3.63) is 36.3 Å². The van der Waals surface area contributed by atoms with Crippen LogP contribution in [-0.4, -0.2) is 27.2 Å². The zero-order valence-electron chi connectivity index (χ0n) is 13.0. The van der Waals surface area contributed by atoms with E-state index in [-0.39, 0.29) is 18.0 Å². The number of aliphatic hydroxyl groups is 1. The van der Waals surface area contributed by atoms with Gasteiger partial charge < -0.3 is 15.7 Å². The number of aliphatic hydroxyl groups excluding tert-OH is 1. The van der Waals surface area contributed by atoms with Crippen LogP contribution in [0.4, 0.5) is 27.5 Å². The molecule has 126 valence electrons. The molecule has 8 heteroatoms. The Morgan fingerprint density at radius 1 is 1.17 bits per heavy atom. The highest BCUT2D eigenvalue weighted by Crippen LogP contribution is 2.27. The minimum atomic E-state index is -0.324. The molecule has 7 nitrogen and oxygen atoms in total. The lowest BCUT2D eigenvalue weighted by atomic mass is 9.93. The summed E-state index contributed by atoms with van der Waals surface area (Å²) in [6.45, 7) is 0. The molecule has 3 rings (SSSR count). The third-order valence-corrected chi connectivity index (χ3v) is 4.03. The van der Waals surface area contributed by atoms with Gasteiger partial charge in [0.05, 0.1) is 12.3 Å². The van der Waals surface area contributed by atoms with Gasteiger partial charge in [0.25, 0.3) is 0 Å². The van der Waals surface area contributed by atoms with Gasteiger partial charge in [0.1, 0.15) is 11.5 Å². The molecule has 1 aliphatic carbocycles. The molecule has 0 atom stereocenters. The molecule has 1 aromatic heterocycles. The standard InChI is InChI=1S/C16H19FN6O/c17-10-1-3-11(4-2-10)20-15-14(23-18)9-19-16(22-15)21-12-5-7-13(24)8-6-12/h1-4,9,12-13,18,24H,5-8H2,(H2,19,20,21,22). The van der Waals surface area contributed by atoms with Crippen LogP contribution in [0.25, 0.3) is 0 Å².